The second-order valence-corrected chi connectivity index (χ2v) is 5.31. The molecule has 0 saturated heterocycles. The number of pyridine rings is 1. The lowest BCUT2D eigenvalue weighted by molar-refractivity contribution is 0.611. The molecule has 1 aliphatic heterocycles. The van der Waals surface area contributed by atoms with Crippen molar-refractivity contribution in [3.8, 4) is 0 Å². The van der Waals surface area contributed by atoms with E-state index in [1.807, 2.05) is 12.4 Å². The smallest absolute Gasteiger partial charge is 0.0489 e. The zero-order valence-electron chi connectivity index (χ0n) is 11.3. The Labute approximate surface area is 118 Å². The van der Waals surface area contributed by atoms with Gasteiger partial charge >= 0.3 is 0 Å². The van der Waals surface area contributed by atoms with E-state index in [0.717, 1.165) is 26.1 Å². The standard InChI is InChI=1S/C17H17N3/c1-2-4-16-14(3-1)15-11-19-10-7-17(15)20(16)12-13-5-8-18-9-6-13/h1-6,8-9,19H,7,10-12H2. The van der Waals surface area contributed by atoms with Crippen LogP contribution in [0.25, 0.3) is 10.9 Å². The van der Waals surface area contributed by atoms with Crippen molar-refractivity contribution in [3.63, 3.8) is 0 Å². The van der Waals surface area contributed by atoms with E-state index in [2.05, 4.69) is 51.3 Å². The summed E-state index contributed by atoms with van der Waals surface area (Å²) >= 11 is 0. The molecule has 4 rings (SSSR count). The summed E-state index contributed by atoms with van der Waals surface area (Å²) in [6.45, 7) is 2.98. The van der Waals surface area contributed by atoms with E-state index in [-0.39, 0.29) is 0 Å². The minimum absolute atomic E-state index is 0.929. The highest BCUT2D eigenvalue weighted by atomic mass is 15.0. The van der Waals surface area contributed by atoms with Crippen LogP contribution < -0.4 is 5.32 Å². The lowest BCUT2D eigenvalue weighted by Gasteiger charge is -2.17. The van der Waals surface area contributed by atoms with Gasteiger partial charge in [-0.25, -0.2) is 0 Å². The molecule has 2 aromatic heterocycles. The molecule has 0 radical (unpaired) electrons. The molecular formula is C17H17N3. The van der Waals surface area contributed by atoms with Gasteiger partial charge in [-0.05, 0) is 29.3 Å². The fourth-order valence-electron chi connectivity index (χ4n) is 3.18. The lowest BCUT2D eigenvalue weighted by atomic mass is 10.1. The van der Waals surface area contributed by atoms with Crippen molar-refractivity contribution in [2.45, 2.75) is 19.5 Å². The van der Waals surface area contributed by atoms with Crippen molar-refractivity contribution in [1.82, 2.24) is 14.9 Å². The lowest BCUT2D eigenvalue weighted by Crippen LogP contribution is -2.24. The highest BCUT2D eigenvalue weighted by molar-refractivity contribution is 5.86. The number of nitrogens with one attached hydrogen (secondary N) is 1. The maximum Gasteiger partial charge on any atom is 0.0489 e. The van der Waals surface area contributed by atoms with Crippen LogP contribution in [0.15, 0.2) is 48.8 Å². The van der Waals surface area contributed by atoms with Gasteiger partial charge in [0.25, 0.3) is 0 Å². The Morgan fingerprint density at radius 3 is 2.85 bits per heavy atom. The fraction of sp³-hybridized carbons (Fsp3) is 0.235. The van der Waals surface area contributed by atoms with Crippen LogP contribution in [-0.2, 0) is 19.5 Å². The van der Waals surface area contributed by atoms with Crippen molar-refractivity contribution >= 4 is 10.9 Å². The predicted octanol–water partition coefficient (Wildman–Crippen LogP) is 2.73. The molecule has 0 saturated carbocycles. The minimum Gasteiger partial charge on any atom is -0.340 e. The monoisotopic (exact) mass is 263 g/mol. The molecule has 1 aliphatic rings. The van der Waals surface area contributed by atoms with E-state index in [1.54, 1.807) is 0 Å². The Morgan fingerprint density at radius 2 is 1.95 bits per heavy atom. The maximum absolute atomic E-state index is 4.11. The summed E-state index contributed by atoms with van der Waals surface area (Å²) in [6.07, 6.45) is 4.85. The molecule has 3 heteroatoms. The third-order valence-corrected chi connectivity index (χ3v) is 4.12. The van der Waals surface area contributed by atoms with E-state index >= 15 is 0 Å². The first-order chi connectivity index (χ1) is 9.93. The Bertz CT molecular complexity index is 744. The molecule has 3 aromatic rings. The van der Waals surface area contributed by atoms with E-state index in [1.165, 1.54) is 27.7 Å². The Balaban J connectivity index is 1.89. The summed E-state index contributed by atoms with van der Waals surface area (Å²) in [7, 11) is 0. The number of para-hydroxylation sites is 1. The molecule has 0 unspecified atom stereocenters. The summed E-state index contributed by atoms with van der Waals surface area (Å²) in [4.78, 5) is 4.11. The minimum atomic E-state index is 0.929. The zero-order valence-corrected chi connectivity index (χ0v) is 11.3. The Morgan fingerprint density at radius 1 is 1.10 bits per heavy atom. The molecule has 0 atom stereocenters. The average Bonchev–Trinajstić information content (AvgIpc) is 2.84. The molecule has 3 nitrogen and oxygen atoms in total. The maximum atomic E-state index is 4.11. The van der Waals surface area contributed by atoms with Crippen LogP contribution in [0.2, 0.25) is 0 Å². The number of hydrogen-bond donors (Lipinski definition) is 1. The van der Waals surface area contributed by atoms with Crippen LogP contribution in [0, 0.1) is 0 Å². The van der Waals surface area contributed by atoms with Gasteiger partial charge in [-0.3, -0.25) is 4.98 Å². The van der Waals surface area contributed by atoms with Crippen molar-refractivity contribution in [2.75, 3.05) is 6.54 Å². The van der Waals surface area contributed by atoms with Crippen LogP contribution in [0.1, 0.15) is 16.8 Å². The summed E-state index contributed by atoms with van der Waals surface area (Å²) in [5.74, 6) is 0. The molecule has 0 spiro atoms. The molecule has 0 amide bonds. The highest BCUT2D eigenvalue weighted by Gasteiger charge is 2.19. The second kappa shape index (κ2) is 4.76. The highest BCUT2D eigenvalue weighted by Crippen LogP contribution is 2.29. The number of nitrogens with zero attached hydrogens (tertiary/aromatic N) is 2. The number of hydrogen-bond acceptors (Lipinski definition) is 2. The predicted molar refractivity (Wildman–Crippen MR) is 80.7 cm³/mol. The van der Waals surface area contributed by atoms with Gasteiger partial charge in [-0.15, -0.1) is 0 Å². The fourth-order valence-corrected chi connectivity index (χ4v) is 3.18. The van der Waals surface area contributed by atoms with Gasteiger partial charge in [0.1, 0.15) is 0 Å². The summed E-state index contributed by atoms with van der Waals surface area (Å²) in [5.41, 5.74) is 5.61. The van der Waals surface area contributed by atoms with Crippen LogP contribution in [0.3, 0.4) is 0 Å². The van der Waals surface area contributed by atoms with Crippen molar-refractivity contribution in [3.05, 3.63) is 65.6 Å². The third kappa shape index (κ3) is 1.82. The van der Waals surface area contributed by atoms with Gasteiger partial charge in [0.15, 0.2) is 0 Å². The number of aromatic nitrogens is 2. The molecule has 0 fully saturated rings. The molecule has 0 aliphatic carbocycles. The first kappa shape index (κ1) is 11.7. The topological polar surface area (TPSA) is 29.9 Å². The summed E-state index contributed by atoms with van der Waals surface area (Å²) < 4.78 is 2.47. The summed E-state index contributed by atoms with van der Waals surface area (Å²) in [6, 6.07) is 12.9. The first-order valence-corrected chi connectivity index (χ1v) is 7.12. The van der Waals surface area contributed by atoms with Gasteiger partial charge < -0.3 is 9.88 Å². The van der Waals surface area contributed by atoms with Gasteiger partial charge in [-0.1, -0.05) is 18.2 Å². The molecule has 1 N–H and O–H groups in total. The molecule has 20 heavy (non-hydrogen) atoms. The molecule has 0 bridgehead atoms. The molecule has 1 aromatic carbocycles. The van der Waals surface area contributed by atoms with Crippen LogP contribution in [-0.4, -0.2) is 16.1 Å². The average molecular weight is 263 g/mol. The van der Waals surface area contributed by atoms with Crippen molar-refractivity contribution in [1.29, 1.82) is 0 Å². The molecule has 3 heterocycles. The summed E-state index contributed by atoms with van der Waals surface area (Å²) in [5, 5.41) is 4.88. The quantitative estimate of drug-likeness (QED) is 0.770. The van der Waals surface area contributed by atoms with Gasteiger partial charge in [-0.2, -0.15) is 0 Å². The van der Waals surface area contributed by atoms with E-state index < -0.39 is 0 Å². The van der Waals surface area contributed by atoms with Crippen LogP contribution in [0.5, 0.6) is 0 Å². The van der Waals surface area contributed by atoms with Crippen molar-refractivity contribution in [2.24, 2.45) is 0 Å². The largest absolute Gasteiger partial charge is 0.340 e. The first-order valence-electron chi connectivity index (χ1n) is 7.12. The Kier molecular flexibility index (Phi) is 2.78. The number of fused-ring (bicyclic) bond motifs is 3. The van der Waals surface area contributed by atoms with E-state index in [0.29, 0.717) is 0 Å². The zero-order chi connectivity index (χ0) is 13.4. The second-order valence-electron chi connectivity index (χ2n) is 5.31. The SMILES string of the molecule is c1ccc2c(c1)c1c(n2Cc2ccncc2)CCNC1. The van der Waals surface area contributed by atoms with Gasteiger partial charge in [0, 0.05) is 55.0 Å². The molecule has 100 valence electrons. The molecular weight excluding hydrogens is 246 g/mol. The van der Waals surface area contributed by atoms with Crippen LogP contribution in [0.4, 0.5) is 0 Å². The van der Waals surface area contributed by atoms with Gasteiger partial charge in [0.2, 0.25) is 0 Å². The van der Waals surface area contributed by atoms with E-state index in [9.17, 15) is 0 Å². The third-order valence-electron chi connectivity index (χ3n) is 4.12. The Hall–Kier alpha value is -2.13. The van der Waals surface area contributed by atoms with Crippen molar-refractivity contribution < 1.29 is 0 Å². The number of benzene rings is 1. The van der Waals surface area contributed by atoms with Gasteiger partial charge in [0.05, 0.1) is 0 Å². The normalized spacial score (nSPS) is 14.4. The van der Waals surface area contributed by atoms with Crippen LogP contribution >= 0.6 is 0 Å². The number of rotatable bonds is 2. The van der Waals surface area contributed by atoms with E-state index in [4.69, 9.17) is 0 Å².